The molecule has 0 spiro atoms. The van der Waals surface area contributed by atoms with E-state index in [9.17, 15) is 8.42 Å². The maximum Gasteiger partial charge on any atom is 0.211 e. The molecule has 18 heavy (non-hydrogen) atoms. The Bertz CT molecular complexity index is 419. The molecule has 0 saturated carbocycles. The lowest BCUT2D eigenvalue weighted by molar-refractivity contribution is 0.0961. The lowest BCUT2D eigenvalue weighted by Gasteiger charge is -2.07. The molecule has 0 bridgehead atoms. The molecule has 0 saturated heterocycles. The molecule has 0 aliphatic rings. The first kappa shape index (κ1) is 15.1. The predicted molar refractivity (Wildman–Crippen MR) is 69.8 cm³/mol. The normalized spacial score (nSPS) is 11.6. The molecule has 6 heteroatoms. The molecule has 5 nitrogen and oxygen atoms in total. The minimum absolute atomic E-state index is 0.0548. The van der Waals surface area contributed by atoms with E-state index in [2.05, 4.69) is 4.72 Å². The number of nitrogens with one attached hydrogen (secondary N) is 1. The zero-order chi connectivity index (χ0) is 13.3. The third kappa shape index (κ3) is 6.70. The molecule has 0 fully saturated rings. The van der Waals surface area contributed by atoms with Crippen molar-refractivity contribution in [1.29, 1.82) is 0 Å². The Balaban J connectivity index is 2.23. The Kier molecular flexibility index (Phi) is 6.89. The van der Waals surface area contributed by atoms with Gasteiger partial charge in [0, 0.05) is 6.54 Å². The molecule has 1 rings (SSSR count). The monoisotopic (exact) mass is 273 g/mol. The topological polar surface area (TPSA) is 75.6 Å². The van der Waals surface area contributed by atoms with E-state index < -0.39 is 10.0 Å². The summed E-state index contributed by atoms with van der Waals surface area (Å²) in [7, 11) is -3.26. The lowest BCUT2D eigenvalue weighted by atomic mass is 10.2. The molecule has 1 aromatic carbocycles. The van der Waals surface area contributed by atoms with Crippen molar-refractivity contribution in [3.8, 4) is 0 Å². The maximum absolute atomic E-state index is 11.6. The minimum atomic E-state index is -3.26. The third-order valence-corrected chi connectivity index (χ3v) is 3.69. The first-order chi connectivity index (χ1) is 8.64. The fourth-order valence-corrected chi connectivity index (χ4v) is 2.45. The van der Waals surface area contributed by atoms with E-state index in [4.69, 9.17) is 9.84 Å². The average Bonchev–Trinajstić information content (AvgIpc) is 2.38. The van der Waals surface area contributed by atoms with Crippen LogP contribution in [-0.4, -0.2) is 45.6 Å². The number of ether oxygens (including phenoxy) is 1. The van der Waals surface area contributed by atoms with Crippen LogP contribution in [0.25, 0.3) is 0 Å². The number of hydrogen-bond acceptors (Lipinski definition) is 4. The summed E-state index contributed by atoms with van der Waals surface area (Å²) in [5.41, 5.74) is 0.999. The fraction of sp³-hybridized carbons (Fsp3) is 0.500. The van der Waals surface area contributed by atoms with E-state index in [-0.39, 0.29) is 32.1 Å². The van der Waals surface area contributed by atoms with Gasteiger partial charge in [-0.25, -0.2) is 13.1 Å². The predicted octanol–water partition coefficient (Wildman–Crippen LogP) is 0.157. The Morgan fingerprint density at radius 3 is 2.56 bits per heavy atom. The number of benzene rings is 1. The molecule has 102 valence electrons. The fourth-order valence-electron chi connectivity index (χ4n) is 1.41. The van der Waals surface area contributed by atoms with Crippen molar-refractivity contribution in [2.24, 2.45) is 0 Å². The Morgan fingerprint density at radius 2 is 1.89 bits per heavy atom. The van der Waals surface area contributed by atoms with Gasteiger partial charge < -0.3 is 9.84 Å². The van der Waals surface area contributed by atoms with Gasteiger partial charge in [-0.15, -0.1) is 0 Å². The van der Waals surface area contributed by atoms with Gasteiger partial charge in [-0.2, -0.15) is 0 Å². The zero-order valence-corrected chi connectivity index (χ0v) is 11.0. The summed E-state index contributed by atoms with van der Waals surface area (Å²) in [5.74, 6) is 0.0665. The zero-order valence-electron chi connectivity index (χ0n) is 10.2. The highest BCUT2D eigenvalue weighted by molar-refractivity contribution is 7.89. The van der Waals surface area contributed by atoms with Gasteiger partial charge in [0.1, 0.15) is 0 Å². The van der Waals surface area contributed by atoms with E-state index in [1.54, 1.807) is 0 Å². The van der Waals surface area contributed by atoms with Crippen LogP contribution in [0.5, 0.6) is 0 Å². The van der Waals surface area contributed by atoms with Gasteiger partial charge in [-0.3, -0.25) is 0 Å². The van der Waals surface area contributed by atoms with Gasteiger partial charge in [0.15, 0.2) is 0 Å². The highest BCUT2D eigenvalue weighted by Crippen LogP contribution is 2.01. The molecule has 0 aliphatic heterocycles. The van der Waals surface area contributed by atoms with Crippen molar-refractivity contribution < 1.29 is 18.3 Å². The number of aliphatic hydroxyl groups excluding tert-OH is 1. The summed E-state index contributed by atoms with van der Waals surface area (Å²) in [6.45, 7) is 0.675. The Labute approximate surface area is 108 Å². The van der Waals surface area contributed by atoms with Crippen molar-refractivity contribution in [2.75, 3.05) is 32.1 Å². The molecular formula is C12H19NO4S. The molecule has 0 heterocycles. The number of aryl methyl sites for hydroxylation is 1. The lowest BCUT2D eigenvalue weighted by Crippen LogP contribution is -2.30. The first-order valence-corrected chi connectivity index (χ1v) is 7.49. The van der Waals surface area contributed by atoms with Crippen molar-refractivity contribution >= 4 is 10.0 Å². The summed E-state index contributed by atoms with van der Waals surface area (Å²) < 4.78 is 30.7. The molecular weight excluding hydrogens is 254 g/mol. The van der Waals surface area contributed by atoms with E-state index >= 15 is 0 Å². The van der Waals surface area contributed by atoms with Gasteiger partial charge in [0.2, 0.25) is 10.0 Å². The van der Waals surface area contributed by atoms with Gasteiger partial charge in [0.05, 0.1) is 25.6 Å². The second-order valence-corrected chi connectivity index (χ2v) is 5.71. The second kappa shape index (κ2) is 8.20. The maximum atomic E-state index is 11.6. The van der Waals surface area contributed by atoms with Crippen LogP contribution in [0.1, 0.15) is 5.56 Å². The van der Waals surface area contributed by atoms with E-state index in [1.165, 1.54) is 0 Å². The van der Waals surface area contributed by atoms with E-state index in [1.807, 2.05) is 30.3 Å². The molecule has 0 aliphatic carbocycles. The van der Waals surface area contributed by atoms with Crippen LogP contribution in [0.15, 0.2) is 30.3 Å². The van der Waals surface area contributed by atoms with Crippen molar-refractivity contribution in [3.63, 3.8) is 0 Å². The van der Waals surface area contributed by atoms with Crippen molar-refractivity contribution in [1.82, 2.24) is 4.72 Å². The summed E-state index contributed by atoms with van der Waals surface area (Å²) in [4.78, 5) is 0. The van der Waals surface area contributed by atoms with E-state index in [0.29, 0.717) is 6.42 Å². The van der Waals surface area contributed by atoms with Crippen LogP contribution in [0.2, 0.25) is 0 Å². The molecule has 1 aromatic rings. The SMILES string of the molecule is O=S(=O)(CCc1ccccc1)NCCOCCO. The van der Waals surface area contributed by atoms with Gasteiger partial charge in [0.25, 0.3) is 0 Å². The summed E-state index contributed by atoms with van der Waals surface area (Å²) in [5, 5.41) is 8.47. The molecule has 0 amide bonds. The highest BCUT2D eigenvalue weighted by Gasteiger charge is 2.09. The number of aliphatic hydroxyl groups is 1. The van der Waals surface area contributed by atoms with Crippen LogP contribution >= 0.6 is 0 Å². The largest absolute Gasteiger partial charge is 0.394 e. The summed E-state index contributed by atoms with van der Waals surface area (Å²) >= 11 is 0. The molecule has 0 radical (unpaired) electrons. The molecule has 0 atom stereocenters. The van der Waals surface area contributed by atoms with Crippen molar-refractivity contribution in [2.45, 2.75) is 6.42 Å². The number of hydrogen-bond donors (Lipinski definition) is 2. The van der Waals surface area contributed by atoms with Crippen LogP contribution in [0, 0.1) is 0 Å². The minimum Gasteiger partial charge on any atom is -0.394 e. The molecule has 0 unspecified atom stereocenters. The number of rotatable bonds is 9. The third-order valence-electron chi connectivity index (χ3n) is 2.31. The van der Waals surface area contributed by atoms with Crippen LogP contribution in [0.4, 0.5) is 0 Å². The average molecular weight is 273 g/mol. The Morgan fingerprint density at radius 1 is 1.17 bits per heavy atom. The second-order valence-electron chi connectivity index (χ2n) is 3.78. The number of sulfonamides is 1. The highest BCUT2D eigenvalue weighted by atomic mass is 32.2. The van der Waals surface area contributed by atoms with Crippen LogP contribution in [-0.2, 0) is 21.2 Å². The Hall–Kier alpha value is -0.950. The molecule has 2 N–H and O–H groups in total. The molecule has 0 aromatic heterocycles. The van der Waals surface area contributed by atoms with Gasteiger partial charge in [-0.05, 0) is 12.0 Å². The summed E-state index contributed by atoms with van der Waals surface area (Å²) in [6, 6.07) is 9.48. The van der Waals surface area contributed by atoms with Crippen LogP contribution in [0.3, 0.4) is 0 Å². The smallest absolute Gasteiger partial charge is 0.211 e. The quantitative estimate of drug-likeness (QED) is 0.628. The standard InChI is InChI=1S/C12H19NO4S/c14-8-10-17-9-7-13-18(15,16)11-6-12-4-2-1-3-5-12/h1-5,13-14H,6-11H2. The summed E-state index contributed by atoms with van der Waals surface area (Å²) in [6.07, 6.45) is 0.494. The van der Waals surface area contributed by atoms with Gasteiger partial charge in [-0.1, -0.05) is 30.3 Å². The van der Waals surface area contributed by atoms with Crippen molar-refractivity contribution in [3.05, 3.63) is 35.9 Å². The first-order valence-electron chi connectivity index (χ1n) is 5.84. The van der Waals surface area contributed by atoms with Gasteiger partial charge >= 0.3 is 0 Å². The van der Waals surface area contributed by atoms with Crippen LogP contribution < -0.4 is 4.72 Å². The van der Waals surface area contributed by atoms with E-state index in [0.717, 1.165) is 5.56 Å².